The standard InChI is InChI=1S/C23H28F3N3.ClH/c24-23(25,26)21-6-3-19(4-7-21)20-5-8-22(27-17-20)29-15-10-18(11-16-29)9-14-28-12-1-2-13-28;/h3-8,17-18H,1-2,9-16H2;1H. The van der Waals surface area contributed by atoms with Crippen LogP contribution in [0.5, 0.6) is 0 Å². The molecule has 0 saturated carbocycles. The Morgan fingerprint density at radius 3 is 2.07 bits per heavy atom. The largest absolute Gasteiger partial charge is 0.416 e. The molecule has 3 heterocycles. The average molecular weight is 440 g/mol. The van der Waals surface area contributed by atoms with Gasteiger partial charge >= 0.3 is 6.18 Å². The highest BCUT2D eigenvalue weighted by atomic mass is 35.5. The lowest BCUT2D eigenvalue weighted by Gasteiger charge is -2.33. The van der Waals surface area contributed by atoms with E-state index in [9.17, 15) is 13.2 Å². The molecule has 7 heteroatoms. The van der Waals surface area contributed by atoms with Gasteiger partial charge in [0.15, 0.2) is 0 Å². The first kappa shape index (κ1) is 22.9. The molecular formula is C23H29ClF3N3. The Hall–Kier alpha value is -1.79. The van der Waals surface area contributed by atoms with Crippen molar-refractivity contribution < 1.29 is 13.2 Å². The van der Waals surface area contributed by atoms with Crippen molar-refractivity contribution in [1.29, 1.82) is 0 Å². The van der Waals surface area contributed by atoms with Gasteiger partial charge in [0.2, 0.25) is 0 Å². The van der Waals surface area contributed by atoms with Gasteiger partial charge in [-0.05, 0) is 87.5 Å². The number of pyridine rings is 1. The number of alkyl halides is 3. The summed E-state index contributed by atoms with van der Waals surface area (Å²) < 4.78 is 38.1. The molecule has 4 rings (SSSR count). The summed E-state index contributed by atoms with van der Waals surface area (Å²) in [5.74, 6) is 1.76. The Morgan fingerprint density at radius 2 is 1.50 bits per heavy atom. The third-order valence-corrected chi connectivity index (χ3v) is 6.28. The lowest BCUT2D eigenvalue weighted by atomic mass is 9.93. The zero-order valence-corrected chi connectivity index (χ0v) is 17.9. The zero-order chi connectivity index (χ0) is 20.3. The number of hydrogen-bond acceptors (Lipinski definition) is 3. The van der Waals surface area contributed by atoms with Gasteiger partial charge in [-0.2, -0.15) is 13.2 Å². The maximum absolute atomic E-state index is 12.7. The Kier molecular flexibility index (Phi) is 7.64. The van der Waals surface area contributed by atoms with Gasteiger partial charge < -0.3 is 9.80 Å². The van der Waals surface area contributed by atoms with Crippen LogP contribution in [-0.2, 0) is 6.18 Å². The van der Waals surface area contributed by atoms with Crippen molar-refractivity contribution >= 4 is 18.2 Å². The normalized spacial score (nSPS) is 18.4. The van der Waals surface area contributed by atoms with Crippen molar-refractivity contribution in [3.63, 3.8) is 0 Å². The molecule has 0 radical (unpaired) electrons. The summed E-state index contributed by atoms with van der Waals surface area (Å²) in [5, 5.41) is 0. The van der Waals surface area contributed by atoms with E-state index in [4.69, 9.17) is 0 Å². The Balaban J connectivity index is 0.00000256. The summed E-state index contributed by atoms with van der Waals surface area (Å²) in [6.45, 7) is 5.83. The van der Waals surface area contributed by atoms with E-state index in [1.165, 1.54) is 63.9 Å². The highest BCUT2D eigenvalue weighted by Crippen LogP contribution is 2.31. The predicted octanol–water partition coefficient (Wildman–Crippen LogP) is 5.89. The summed E-state index contributed by atoms with van der Waals surface area (Å²) in [7, 11) is 0. The summed E-state index contributed by atoms with van der Waals surface area (Å²) in [5.41, 5.74) is 0.957. The molecule has 2 fully saturated rings. The second-order valence-electron chi connectivity index (χ2n) is 8.25. The van der Waals surface area contributed by atoms with Gasteiger partial charge in [-0.25, -0.2) is 4.98 Å². The topological polar surface area (TPSA) is 19.4 Å². The number of benzene rings is 1. The number of aromatic nitrogens is 1. The SMILES string of the molecule is Cl.FC(F)(F)c1ccc(-c2ccc(N3CCC(CCN4CCCC4)CC3)nc2)cc1. The van der Waals surface area contributed by atoms with Crippen molar-refractivity contribution in [2.45, 2.75) is 38.3 Å². The van der Waals surface area contributed by atoms with Gasteiger partial charge in [-0.3, -0.25) is 0 Å². The maximum Gasteiger partial charge on any atom is 0.416 e. The Bertz CT molecular complexity index is 779. The lowest BCUT2D eigenvalue weighted by Crippen LogP contribution is -2.35. The van der Waals surface area contributed by atoms with Crippen molar-refractivity contribution in [2.75, 3.05) is 37.6 Å². The Labute approximate surface area is 182 Å². The van der Waals surface area contributed by atoms with Crippen LogP contribution in [0.3, 0.4) is 0 Å². The van der Waals surface area contributed by atoms with E-state index in [0.717, 1.165) is 48.1 Å². The minimum absolute atomic E-state index is 0. The first-order chi connectivity index (χ1) is 14.0. The molecule has 0 spiro atoms. The summed E-state index contributed by atoms with van der Waals surface area (Å²) in [4.78, 5) is 9.49. The van der Waals surface area contributed by atoms with Crippen LogP contribution in [0.25, 0.3) is 11.1 Å². The first-order valence-electron chi connectivity index (χ1n) is 10.6. The fraction of sp³-hybridized carbons (Fsp3) is 0.522. The van der Waals surface area contributed by atoms with Gasteiger partial charge in [-0.1, -0.05) is 12.1 Å². The number of nitrogens with zero attached hydrogens (tertiary/aromatic N) is 3. The number of hydrogen-bond donors (Lipinski definition) is 0. The van der Waals surface area contributed by atoms with E-state index in [2.05, 4.69) is 14.8 Å². The highest BCUT2D eigenvalue weighted by Gasteiger charge is 2.30. The fourth-order valence-corrected chi connectivity index (χ4v) is 4.42. The predicted molar refractivity (Wildman–Crippen MR) is 117 cm³/mol. The minimum atomic E-state index is -4.30. The van der Waals surface area contributed by atoms with Crippen LogP contribution >= 0.6 is 12.4 Å². The smallest absolute Gasteiger partial charge is 0.357 e. The molecule has 2 aromatic rings. The molecule has 0 atom stereocenters. The van der Waals surface area contributed by atoms with Crippen molar-refractivity contribution in [1.82, 2.24) is 9.88 Å². The average Bonchev–Trinajstić information content (AvgIpc) is 3.26. The quantitative estimate of drug-likeness (QED) is 0.579. The van der Waals surface area contributed by atoms with Crippen LogP contribution < -0.4 is 4.90 Å². The molecule has 0 unspecified atom stereocenters. The van der Waals surface area contributed by atoms with Crippen LogP contribution in [0.2, 0.25) is 0 Å². The Morgan fingerprint density at radius 1 is 0.867 bits per heavy atom. The molecule has 1 aromatic heterocycles. The van der Waals surface area contributed by atoms with Gasteiger partial charge in [0.25, 0.3) is 0 Å². The number of anilines is 1. The van der Waals surface area contributed by atoms with Crippen LogP contribution in [0.15, 0.2) is 42.6 Å². The second kappa shape index (κ2) is 10.0. The number of rotatable bonds is 5. The van der Waals surface area contributed by atoms with E-state index >= 15 is 0 Å². The molecule has 2 aliphatic rings. The van der Waals surface area contributed by atoms with E-state index in [1.54, 1.807) is 6.20 Å². The maximum atomic E-state index is 12.7. The van der Waals surface area contributed by atoms with Crippen molar-refractivity contribution in [3.8, 4) is 11.1 Å². The van der Waals surface area contributed by atoms with Crippen molar-refractivity contribution in [3.05, 3.63) is 48.2 Å². The molecule has 164 valence electrons. The third-order valence-electron chi connectivity index (χ3n) is 6.28. The summed E-state index contributed by atoms with van der Waals surface area (Å²) in [6.07, 6.45) is 3.87. The van der Waals surface area contributed by atoms with E-state index in [1.807, 2.05) is 12.1 Å². The van der Waals surface area contributed by atoms with Gasteiger partial charge in [0, 0.05) is 24.8 Å². The molecule has 2 aliphatic heterocycles. The van der Waals surface area contributed by atoms with Crippen LogP contribution in [0, 0.1) is 5.92 Å². The highest BCUT2D eigenvalue weighted by molar-refractivity contribution is 5.85. The minimum Gasteiger partial charge on any atom is -0.357 e. The third kappa shape index (κ3) is 5.67. The van der Waals surface area contributed by atoms with Crippen LogP contribution in [0.4, 0.5) is 19.0 Å². The van der Waals surface area contributed by atoms with Crippen LogP contribution in [-0.4, -0.2) is 42.6 Å². The van der Waals surface area contributed by atoms with Crippen LogP contribution in [0.1, 0.15) is 37.7 Å². The molecule has 30 heavy (non-hydrogen) atoms. The molecule has 0 N–H and O–H groups in total. The number of piperidine rings is 1. The molecule has 3 nitrogen and oxygen atoms in total. The second-order valence-corrected chi connectivity index (χ2v) is 8.25. The van der Waals surface area contributed by atoms with E-state index in [0.29, 0.717) is 0 Å². The molecule has 1 aromatic carbocycles. The zero-order valence-electron chi connectivity index (χ0n) is 17.1. The fourth-order valence-electron chi connectivity index (χ4n) is 4.42. The van der Waals surface area contributed by atoms with E-state index < -0.39 is 11.7 Å². The van der Waals surface area contributed by atoms with E-state index in [-0.39, 0.29) is 12.4 Å². The lowest BCUT2D eigenvalue weighted by molar-refractivity contribution is -0.137. The monoisotopic (exact) mass is 439 g/mol. The van der Waals surface area contributed by atoms with Crippen molar-refractivity contribution in [2.24, 2.45) is 5.92 Å². The van der Waals surface area contributed by atoms with Gasteiger partial charge in [0.1, 0.15) is 5.82 Å². The number of halogens is 4. The molecule has 0 aliphatic carbocycles. The molecule has 0 bridgehead atoms. The number of likely N-dealkylation sites (tertiary alicyclic amines) is 1. The van der Waals surface area contributed by atoms with Gasteiger partial charge in [-0.15, -0.1) is 12.4 Å². The summed E-state index contributed by atoms with van der Waals surface area (Å²) >= 11 is 0. The molecule has 0 amide bonds. The first-order valence-corrected chi connectivity index (χ1v) is 10.6. The summed E-state index contributed by atoms with van der Waals surface area (Å²) in [6, 6.07) is 9.19. The molecular weight excluding hydrogens is 411 g/mol. The van der Waals surface area contributed by atoms with Gasteiger partial charge in [0.05, 0.1) is 5.56 Å². The molecule has 2 saturated heterocycles.